The fourth-order valence-corrected chi connectivity index (χ4v) is 3.16. The third-order valence-corrected chi connectivity index (χ3v) is 4.46. The number of carbonyl (C=O) groups excluding carboxylic acids is 1. The Labute approximate surface area is 162 Å². The number of hydrogen-bond donors (Lipinski definition) is 1. The average Bonchev–Trinajstić information content (AvgIpc) is 2.63. The van der Waals surface area contributed by atoms with Gasteiger partial charge in [-0.3, -0.25) is 9.69 Å². The number of benzene rings is 1. The number of β-amino-alcohol motifs (C(OH)–C–C–N with tert-alkyl or cyclic N) is 1. The van der Waals surface area contributed by atoms with Gasteiger partial charge in [0.05, 0.1) is 31.0 Å². The third-order valence-electron chi connectivity index (χ3n) is 4.46. The Morgan fingerprint density at radius 1 is 1.46 bits per heavy atom. The molecule has 1 fully saturated rings. The number of amides is 1. The smallest absolute Gasteiger partial charge is 0.392 e. The molecule has 1 amide bonds. The van der Waals surface area contributed by atoms with Gasteiger partial charge in [0, 0.05) is 45.4 Å². The van der Waals surface area contributed by atoms with E-state index in [-0.39, 0.29) is 31.4 Å². The normalized spacial score (nSPS) is 19.4. The van der Waals surface area contributed by atoms with Crippen molar-refractivity contribution in [1.82, 2.24) is 9.80 Å². The van der Waals surface area contributed by atoms with E-state index in [9.17, 15) is 23.1 Å². The molecule has 9 heteroatoms. The molecule has 2 rings (SSSR count). The second-order valence-electron chi connectivity index (χ2n) is 6.92. The first-order chi connectivity index (χ1) is 13.2. The standard InChI is InChI=1S/C19H27F3N2O4/c1-14(25)11-23-6-9-28-17(12-23)13-24(7-8-27-2)18(26)15-4-3-5-16(10-15)19(20,21)22/h3-5,10,14,17,25H,6-9,11-13H2,1-2H3. The van der Waals surface area contributed by atoms with E-state index in [1.165, 1.54) is 24.1 Å². The molecule has 0 aromatic heterocycles. The van der Waals surface area contributed by atoms with E-state index in [2.05, 4.69) is 0 Å². The Balaban J connectivity index is 2.11. The van der Waals surface area contributed by atoms with Crippen molar-refractivity contribution in [2.24, 2.45) is 0 Å². The van der Waals surface area contributed by atoms with Gasteiger partial charge in [0.15, 0.2) is 0 Å². The minimum atomic E-state index is -4.51. The van der Waals surface area contributed by atoms with Crippen molar-refractivity contribution in [2.75, 3.05) is 53.0 Å². The van der Waals surface area contributed by atoms with Gasteiger partial charge >= 0.3 is 6.18 Å². The highest BCUT2D eigenvalue weighted by atomic mass is 19.4. The van der Waals surface area contributed by atoms with Gasteiger partial charge in [0.1, 0.15) is 0 Å². The Hall–Kier alpha value is -1.68. The van der Waals surface area contributed by atoms with Crippen molar-refractivity contribution in [3.05, 3.63) is 35.4 Å². The van der Waals surface area contributed by atoms with Crippen LogP contribution in [0.1, 0.15) is 22.8 Å². The number of aliphatic hydroxyl groups is 1. The quantitative estimate of drug-likeness (QED) is 0.717. The summed E-state index contributed by atoms with van der Waals surface area (Å²) in [6, 6.07) is 4.41. The highest BCUT2D eigenvalue weighted by Crippen LogP contribution is 2.29. The molecule has 1 aliphatic rings. The molecule has 1 aromatic rings. The first-order valence-corrected chi connectivity index (χ1v) is 9.18. The van der Waals surface area contributed by atoms with E-state index in [1.54, 1.807) is 6.92 Å². The van der Waals surface area contributed by atoms with Crippen molar-refractivity contribution < 1.29 is 32.5 Å². The molecule has 0 aliphatic carbocycles. The molecule has 1 aliphatic heterocycles. The van der Waals surface area contributed by atoms with Gasteiger partial charge in [-0.25, -0.2) is 0 Å². The summed E-state index contributed by atoms with van der Waals surface area (Å²) < 4.78 is 49.7. The molecule has 0 bridgehead atoms. The zero-order valence-electron chi connectivity index (χ0n) is 16.1. The SMILES string of the molecule is COCCN(CC1CN(CC(C)O)CCO1)C(=O)c1cccc(C(F)(F)F)c1. The van der Waals surface area contributed by atoms with Gasteiger partial charge in [-0.05, 0) is 25.1 Å². The summed E-state index contributed by atoms with van der Waals surface area (Å²) in [4.78, 5) is 16.4. The number of carbonyl (C=O) groups is 1. The number of halogens is 3. The van der Waals surface area contributed by atoms with E-state index in [1.807, 2.05) is 4.90 Å². The highest BCUT2D eigenvalue weighted by molar-refractivity contribution is 5.94. The molecule has 2 atom stereocenters. The van der Waals surface area contributed by atoms with E-state index in [4.69, 9.17) is 9.47 Å². The fourth-order valence-electron chi connectivity index (χ4n) is 3.16. The molecule has 1 aromatic carbocycles. The minimum absolute atomic E-state index is 0.0254. The molecule has 2 unspecified atom stereocenters. The predicted octanol–water partition coefficient (Wildman–Crippen LogP) is 1.88. The third kappa shape index (κ3) is 6.73. The summed E-state index contributed by atoms with van der Waals surface area (Å²) in [6.45, 7) is 4.61. The van der Waals surface area contributed by atoms with Crippen molar-refractivity contribution in [3.63, 3.8) is 0 Å². The molecule has 28 heavy (non-hydrogen) atoms. The lowest BCUT2D eigenvalue weighted by Crippen LogP contribution is -2.50. The molecule has 0 saturated carbocycles. The van der Waals surface area contributed by atoms with Crippen LogP contribution in [-0.4, -0.2) is 86.1 Å². The summed E-state index contributed by atoms with van der Waals surface area (Å²) in [5.41, 5.74) is -0.885. The van der Waals surface area contributed by atoms with Crippen molar-refractivity contribution in [2.45, 2.75) is 25.3 Å². The van der Waals surface area contributed by atoms with E-state index in [0.29, 0.717) is 26.2 Å². The zero-order chi connectivity index (χ0) is 20.7. The molecule has 1 N–H and O–H groups in total. The molecular weight excluding hydrogens is 377 g/mol. The van der Waals surface area contributed by atoms with Gasteiger partial charge in [-0.2, -0.15) is 13.2 Å². The number of nitrogens with zero attached hydrogens (tertiary/aromatic N) is 2. The Kier molecular flexibility index (Phi) is 8.23. The molecule has 158 valence electrons. The zero-order valence-corrected chi connectivity index (χ0v) is 16.1. The van der Waals surface area contributed by atoms with Gasteiger partial charge < -0.3 is 19.5 Å². The Morgan fingerprint density at radius 3 is 2.86 bits per heavy atom. The summed E-state index contributed by atoms with van der Waals surface area (Å²) in [7, 11) is 1.49. The lowest BCUT2D eigenvalue weighted by molar-refractivity contribution is -0.137. The van der Waals surface area contributed by atoms with Gasteiger partial charge in [0.2, 0.25) is 0 Å². The van der Waals surface area contributed by atoms with Gasteiger partial charge in [0.25, 0.3) is 5.91 Å². The lowest BCUT2D eigenvalue weighted by atomic mass is 10.1. The number of ether oxygens (including phenoxy) is 2. The van der Waals surface area contributed by atoms with Crippen LogP contribution < -0.4 is 0 Å². The van der Waals surface area contributed by atoms with Crippen molar-refractivity contribution in [3.8, 4) is 0 Å². The second kappa shape index (κ2) is 10.2. The second-order valence-corrected chi connectivity index (χ2v) is 6.92. The van der Waals surface area contributed by atoms with E-state index in [0.717, 1.165) is 12.1 Å². The largest absolute Gasteiger partial charge is 0.416 e. The minimum Gasteiger partial charge on any atom is -0.392 e. The lowest BCUT2D eigenvalue weighted by Gasteiger charge is -2.36. The van der Waals surface area contributed by atoms with Crippen LogP contribution in [0.2, 0.25) is 0 Å². The van der Waals surface area contributed by atoms with E-state index >= 15 is 0 Å². The van der Waals surface area contributed by atoms with Gasteiger partial charge in [-0.1, -0.05) is 6.07 Å². The molecule has 6 nitrogen and oxygen atoms in total. The van der Waals surface area contributed by atoms with Crippen LogP contribution in [-0.2, 0) is 15.7 Å². The molecular formula is C19H27F3N2O4. The predicted molar refractivity (Wildman–Crippen MR) is 97.1 cm³/mol. The maximum Gasteiger partial charge on any atom is 0.416 e. The summed E-state index contributed by atoms with van der Waals surface area (Å²) >= 11 is 0. The first kappa shape index (κ1) is 22.6. The maximum atomic E-state index is 13.0. The summed E-state index contributed by atoms with van der Waals surface area (Å²) in [5.74, 6) is -0.501. The van der Waals surface area contributed by atoms with Crippen LogP contribution in [0.3, 0.4) is 0 Å². The molecule has 0 spiro atoms. The fraction of sp³-hybridized carbons (Fsp3) is 0.632. The van der Waals surface area contributed by atoms with Crippen LogP contribution in [0.5, 0.6) is 0 Å². The van der Waals surface area contributed by atoms with Crippen LogP contribution in [0.25, 0.3) is 0 Å². The maximum absolute atomic E-state index is 13.0. The number of alkyl halides is 3. The monoisotopic (exact) mass is 404 g/mol. The number of methoxy groups -OCH3 is 1. The first-order valence-electron chi connectivity index (χ1n) is 9.18. The number of morpholine rings is 1. The number of aliphatic hydroxyl groups excluding tert-OH is 1. The van der Waals surface area contributed by atoms with Crippen LogP contribution >= 0.6 is 0 Å². The number of hydrogen-bond acceptors (Lipinski definition) is 5. The molecule has 0 radical (unpaired) electrons. The van der Waals surface area contributed by atoms with Crippen LogP contribution in [0.15, 0.2) is 24.3 Å². The molecule has 1 saturated heterocycles. The Bertz CT molecular complexity index is 640. The van der Waals surface area contributed by atoms with Crippen LogP contribution in [0, 0.1) is 0 Å². The number of rotatable bonds is 8. The Morgan fingerprint density at radius 2 is 2.21 bits per heavy atom. The topological polar surface area (TPSA) is 62.2 Å². The van der Waals surface area contributed by atoms with Crippen LogP contribution in [0.4, 0.5) is 13.2 Å². The van der Waals surface area contributed by atoms with Crippen molar-refractivity contribution >= 4 is 5.91 Å². The molecule has 1 heterocycles. The van der Waals surface area contributed by atoms with Gasteiger partial charge in [-0.15, -0.1) is 0 Å². The average molecular weight is 404 g/mol. The van der Waals surface area contributed by atoms with Crippen molar-refractivity contribution in [1.29, 1.82) is 0 Å². The summed E-state index contributed by atoms with van der Waals surface area (Å²) in [6.07, 6.45) is -5.28. The highest BCUT2D eigenvalue weighted by Gasteiger charge is 2.32. The van der Waals surface area contributed by atoms with E-state index < -0.39 is 23.8 Å². The summed E-state index contributed by atoms with van der Waals surface area (Å²) in [5, 5.41) is 9.56.